The number of methoxy groups -OCH3 is 1. The highest BCUT2D eigenvalue weighted by Gasteiger charge is 2.13. The van der Waals surface area contributed by atoms with E-state index in [1.807, 2.05) is 24.3 Å². The normalized spacial score (nSPS) is 11.0. The quantitative estimate of drug-likeness (QED) is 0.732. The first-order chi connectivity index (χ1) is 10.7. The van der Waals surface area contributed by atoms with Crippen molar-refractivity contribution in [1.29, 1.82) is 0 Å². The van der Waals surface area contributed by atoms with E-state index in [4.69, 9.17) is 9.15 Å². The van der Waals surface area contributed by atoms with Gasteiger partial charge >= 0.3 is 0 Å². The molecule has 0 saturated heterocycles. The van der Waals surface area contributed by atoms with E-state index >= 15 is 0 Å². The van der Waals surface area contributed by atoms with Crippen molar-refractivity contribution in [2.24, 2.45) is 0 Å². The number of aromatic nitrogens is 1. The number of pyridine rings is 1. The van der Waals surface area contributed by atoms with Crippen LogP contribution in [0.2, 0.25) is 0 Å². The molecule has 2 heterocycles. The second-order valence-electron chi connectivity index (χ2n) is 5.16. The van der Waals surface area contributed by atoms with Gasteiger partial charge in [-0.15, -0.1) is 0 Å². The monoisotopic (exact) mass is 298 g/mol. The zero-order chi connectivity index (χ0) is 15.5. The smallest absolute Gasteiger partial charge is 0.287 e. The molecular weight excluding hydrogens is 280 g/mol. The number of hydrogen-bond donors (Lipinski definition) is 1. The minimum Gasteiger partial charge on any atom is -0.497 e. The van der Waals surface area contributed by atoms with Gasteiger partial charge in [-0.3, -0.25) is 4.79 Å². The number of carbonyl (C=O) groups excluding carboxylic acids is 1. The number of benzene rings is 1. The molecular formula is C17H18N2O3. The van der Waals surface area contributed by atoms with Crippen molar-refractivity contribution in [3.63, 3.8) is 0 Å². The topological polar surface area (TPSA) is 64.4 Å². The molecule has 1 N–H and O–H groups in total. The fourth-order valence-corrected chi connectivity index (χ4v) is 2.32. The molecule has 0 fully saturated rings. The van der Waals surface area contributed by atoms with Gasteiger partial charge in [0.25, 0.3) is 5.91 Å². The van der Waals surface area contributed by atoms with Gasteiger partial charge in [-0.05, 0) is 36.8 Å². The molecule has 22 heavy (non-hydrogen) atoms. The Hall–Kier alpha value is -2.56. The van der Waals surface area contributed by atoms with Gasteiger partial charge in [0.1, 0.15) is 5.75 Å². The first-order valence-electron chi connectivity index (χ1n) is 7.38. The molecule has 0 bridgehead atoms. The first kappa shape index (κ1) is 14.4. The number of amides is 1. The number of carbonyl (C=O) groups is 1. The molecule has 0 aliphatic rings. The Labute approximate surface area is 128 Å². The number of hydrogen-bond acceptors (Lipinski definition) is 4. The zero-order valence-electron chi connectivity index (χ0n) is 12.7. The standard InChI is InChI=1S/C17H18N2O3/c1-3-4-7-18-16(20)15-10-12-8-11-9-13(21-2)5-6-14(11)19-17(12)22-15/h5-6,8-10H,3-4,7H2,1-2H3,(H,18,20). The molecule has 0 atom stereocenters. The summed E-state index contributed by atoms with van der Waals surface area (Å²) in [5.74, 6) is 0.864. The van der Waals surface area contributed by atoms with Gasteiger partial charge in [-0.1, -0.05) is 13.3 Å². The summed E-state index contributed by atoms with van der Waals surface area (Å²) >= 11 is 0. The van der Waals surface area contributed by atoms with Gasteiger partial charge in [0.2, 0.25) is 5.71 Å². The minimum absolute atomic E-state index is 0.201. The van der Waals surface area contributed by atoms with Gasteiger partial charge in [0.05, 0.1) is 12.6 Å². The average Bonchev–Trinajstić information content (AvgIpc) is 2.95. The Morgan fingerprint density at radius 3 is 2.91 bits per heavy atom. The van der Waals surface area contributed by atoms with Crippen LogP contribution in [0.25, 0.3) is 22.0 Å². The Morgan fingerprint density at radius 1 is 1.27 bits per heavy atom. The summed E-state index contributed by atoms with van der Waals surface area (Å²) in [6.07, 6.45) is 1.99. The molecule has 3 aromatic rings. The number of furan rings is 1. The SMILES string of the molecule is CCCCNC(=O)c1cc2cc3cc(OC)ccc3nc2o1. The lowest BCUT2D eigenvalue weighted by Gasteiger charge is -2.01. The third-order valence-electron chi connectivity index (χ3n) is 3.55. The summed E-state index contributed by atoms with van der Waals surface area (Å²) in [4.78, 5) is 16.5. The van der Waals surface area contributed by atoms with Crippen LogP contribution in [0, 0.1) is 0 Å². The van der Waals surface area contributed by atoms with Gasteiger partial charge in [0.15, 0.2) is 5.76 Å². The van der Waals surface area contributed by atoms with Crippen LogP contribution < -0.4 is 10.1 Å². The van der Waals surface area contributed by atoms with E-state index in [2.05, 4.69) is 17.2 Å². The van der Waals surface area contributed by atoms with Crippen molar-refractivity contribution in [1.82, 2.24) is 10.3 Å². The number of fused-ring (bicyclic) bond motifs is 2. The maximum absolute atomic E-state index is 12.0. The molecule has 1 amide bonds. The van der Waals surface area contributed by atoms with E-state index < -0.39 is 0 Å². The van der Waals surface area contributed by atoms with Crippen LogP contribution in [-0.2, 0) is 0 Å². The van der Waals surface area contributed by atoms with E-state index in [1.54, 1.807) is 13.2 Å². The summed E-state index contributed by atoms with van der Waals surface area (Å²) in [5, 5.41) is 4.60. The minimum atomic E-state index is -0.201. The number of unbranched alkanes of at least 4 members (excludes halogenated alkanes) is 1. The number of nitrogens with one attached hydrogen (secondary N) is 1. The summed E-state index contributed by atoms with van der Waals surface area (Å²) in [7, 11) is 1.63. The molecule has 1 aromatic carbocycles. The number of ether oxygens (including phenoxy) is 1. The second-order valence-corrected chi connectivity index (χ2v) is 5.16. The highest BCUT2D eigenvalue weighted by Crippen LogP contribution is 2.25. The van der Waals surface area contributed by atoms with E-state index in [-0.39, 0.29) is 5.91 Å². The molecule has 0 aliphatic heterocycles. The average molecular weight is 298 g/mol. The Morgan fingerprint density at radius 2 is 2.14 bits per heavy atom. The highest BCUT2D eigenvalue weighted by atomic mass is 16.5. The lowest BCUT2D eigenvalue weighted by atomic mass is 10.2. The fraction of sp³-hybridized carbons (Fsp3) is 0.294. The maximum atomic E-state index is 12.0. The lowest BCUT2D eigenvalue weighted by Crippen LogP contribution is -2.23. The molecule has 0 spiro atoms. The Bertz CT molecular complexity index is 823. The van der Waals surface area contributed by atoms with Crippen LogP contribution in [-0.4, -0.2) is 24.5 Å². The third-order valence-corrected chi connectivity index (χ3v) is 3.55. The molecule has 0 unspecified atom stereocenters. The molecule has 5 nitrogen and oxygen atoms in total. The lowest BCUT2D eigenvalue weighted by molar-refractivity contribution is 0.0927. The predicted molar refractivity (Wildman–Crippen MR) is 85.3 cm³/mol. The Balaban J connectivity index is 1.95. The number of rotatable bonds is 5. The largest absolute Gasteiger partial charge is 0.497 e. The van der Waals surface area contributed by atoms with Crippen molar-refractivity contribution in [3.8, 4) is 5.75 Å². The Kier molecular flexibility index (Phi) is 3.96. The zero-order valence-corrected chi connectivity index (χ0v) is 12.7. The summed E-state index contributed by atoms with van der Waals surface area (Å²) in [6.45, 7) is 2.73. The molecule has 0 radical (unpaired) electrons. The summed E-state index contributed by atoms with van der Waals surface area (Å²) in [5.41, 5.74) is 1.28. The van der Waals surface area contributed by atoms with E-state index in [9.17, 15) is 4.79 Å². The predicted octanol–water partition coefficient (Wildman–Crippen LogP) is 3.52. The molecule has 114 valence electrons. The van der Waals surface area contributed by atoms with Crippen molar-refractivity contribution in [3.05, 3.63) is 36.1 Å². The van der Waals surface area contributed by atoms with Crippen molar-refractivity contribution >= 4 is 27.9 Å². The molecule has 5 heteroatoms. The van der Waals surface area contributed by atoms with E-state index in [1.165, 1.54) is 0 Å². The van der Waals surface area contributed by atoms with Crippen molar-refractivity contribution in [2.75, 3.05) is 13.7 Å². The van der Waals surface area contributed by atoms with E-state index in [0.29, 0.717) is 18.0 Å². The second kappa shape index (κ2) is 6.05. The fourth-order valence-electron chi connectivity index (χ4n) is 2.32. The van der Waals surface area contributed by atoms with E-state index in [0.717, 1.165) is 34.9 Å². The van der Waals surface area contributed by atoms with Crippen LogP contribution in [0.4, 0.5) is 0 Å². The van der Waals surface area contributed by atoms with Crippen LogP contribution in [0.1, 0.15) is 30.3 Å². The number of nitrogens with zero attached hydrogens (tertiary/aromatic N) is 1. The molecule has 2 aromatic heterocycles. The first-order valence-corrected chi connectivity index (χ1v) is 7.38. The van der Waals surface area contributed by atoms with Gasteiger partial charge in [-0.2, -0.15) is 0 Å². The van der Waals surface area contributed by atoms with Crippen molar-refractivity contribution in [2.45, 2.75) is 19.8 Å². The molecule has 0 saturated carbocycles. The van der Waals surface area contributed by atoms with Gasteiger partial charge in [-0.25, -0.2) is 4.98 Å². The third kappa shape index (κ3) is 2.74. The van der Waals surface area contributed by atoms with Crippen molar-refractivity contribution < 1.29 is 13.9 Å². The van der Waals surface area contributed by atoms with Gasteiger partial charge in [0, 0.05) is 17.3 Å². The highest BCUT2D eigenvalue weighted by molar-refractivity contribution is 5.98. The van der Waals surface area contributed by atoms with Crippen LogP contribution in [0.15, 0.2) is 34.7 Å². The summed E-state index contributed by atoms with van der Waals surface area (Å²) in [6, 6.07) is 9.31. The van der Waals surface area contributed by atoms with Crippen LogP contribution in [0.3, 0.4) is 0 Å². The maximum Gasteiger partial charge on any atom is 0.287 e. The van der Waals surface area contributed by atoms with Crippen LogP contribution in [0.5, 0.6) is 5.75 Å². The molecule has 3 rings (SSSR count). The summed E-state index contributed by atoms with van der Waals surface area (Å²) < 4.78 is 10.8. The van der Waals surface area contributed by atoms with Crippen LogP contribution >= 0.6 is 0 Å². The van der Waals surface area contributed by atoms with Gasteiger partial charge < -0.3 is 14.5 Å². The molecule has 0 aliphatic carbocycles.